The summed E-state index contributed by atoms with van der Waals surface area (Å²) in [5, 5.41) is 3.79. The molecule has 28 heavy (non-hydrogen) atoms. The minimum atomic E-state index is -0.188. The number of pyridine rings is 2. The molecule has 0 bridgehead atoms. The van der Waals surface area contributed by atoms with Crippen LogP contribution < -0.4 is 16.0 Å². The third kappa shape index (κ3) is 4.87. The van der Waals surface area contributed by atoms with Crippen LogP contribution in [-0.2, 0) is 0 Å². The Kier molecular flexibility index (Phi) is 6.62. The molecule has 2 aromatic rings. The maximum absolute atomic E-state index is 12.9. The third-order valence-electron chi connectivity index (χ3n) is 5.12. The summed E-state index contributed by atoms with van der Waals surface area (Å²) in [6.45, 7) is 8.53. The van der Waals surface area contributed by atoms with Gasteiger partial charge in [0.1, 0.15) is 17.3 Å². The molecule has 1 aliphatic heterocycles. The van der Waals surface area contributed by atoms with E-state index in [0.717, 1.165) is 38.2 Å². The van der Waals surface area contributed by atoms with Crippen LogP contribution >= 0.6 is 0 Å². The predicted octanol–water partition coefficient (Wildman–Crippen LogP) is 3.28. The number of nitrogen functional groups attached to an aromatic ring is 1. The molecular weight excluding hydrogens is 350 g/mol. The summed E-state index contributed by atoms with van der Waals surface area (Å²) in [4.78, 5) is 23.9. The summed E-state index contributed by atoms with van der Waals surface area (Å²) < 4.78 is 0. The monoisotopic (exact) mass is 381 g/mol. The lowest BCUT2D eigenvalue weighted by Gasteiger charge is -2.40. The normalized spacial score (nSPS) is 19.8. The van der Waals surface area contributed by atoms with E-state index < -0.39 is 0 Å². The number of ketones is 1. The van der Waals surface area contributed by atoms with E-state index in [9.17, 15) is 4.79 Å². The van der Waals surface area contributed by atoms with E-state index in [4.69, 9.17) is 5.73 Å². The molecule has 1 aliphatic rings. The number of aromatic nitrogens is 2. The quantitative estimate of drug-likeness (QED) is 0.716. The lowest BCUT2D eigenvalue weighted by Crippen LogP contribution is -2.57. The second-order valence-electron chi connectivity index (χ2n) is 8.03. The van der Waals surface area contributed by atoms with E-state index in [2.05, 4.69) is 41.0 Å². The van der Waals surface area contributed by atoms with Crippen LogP contribution in [0.4, 0.5) is 11.6 Å². The molecule has 0 saturated carbocycles. The maximum atomic E-state index is 12.9. The molecule has 0 amide bonds. The number of carbonyl (C=O) groups excluding carboxylic acids is 1. The Morgan fingerprint density at radius 3 is 2.75 bits per heavy atom. The van der Waals surface area contributed by atoms with Crippen LogP contribution in [0.2, 0.25) is 0 Å². The number of hydrogen-bond acceptors (Lipinski definition) is 6. The van der Waals surface area contributed by atoms with Gasteiger partial charge in [-0.05, 0) is 43.0 Å². The van der Waals surface area contributed by atoms with Crippen molar-refractivity contribution in [3.05, 3.63) is 47.8 Å². The van der Waals surface area contributed by atoms with Crippen molar-refractivity contribution < 1.29 is 4.79 Å². The fraction of sp³-hybridized carbons (Fsp3) is 0.500. The summed E-state index contributed by atoms with van der Waals surface area (Å²) in [5.41, 5.74) is 6.68. The minimum Gasteiger partial charge on any atom is -0.383 e. The number of carbonyl (C=O) groups is 1. The van der Waals surface area contributed by atoms with Gasteiger partial charge in [0.25, 0.3) is 0 Å². The lowest BCUT2D eigenvalue weighted by molar-refractivity contribution is 0.103. The van der Waals surface area contributed by atoms with Gasteiger partial charge >= 0.3 is 0 Å². The lowest BCUT2D eigenvalue weighted by atomic mass is 9.98. The predicted molar refractivity (Wildman–Crippen MR) is 114 cm³/mol. The highest BCUT2D eigenvalue weighted by atomic mass is 16.1. The number of nitrogens with one attached hydrogen (secondary N) is 1. The Bertz CT molecular complexity index is 807. The van der Waals surface area contributed by atoms with Gasteiger partial charge in [0, 0.05) is 31.4 Å². The van der Waals surface area contributed by atoms with Gasteiger partial charge in [0.15, 0.2) is 0 Å². The van der Waals surface area contributed by atoms with Crippen molar-refractivity contribution in [2.45, 2.75) is 52.1 Å². The van der Waals surface area contributed by atoms with Gasteiger partial charge in [0.05, 0.1) is 5.56 Å². The Morgan fingerprint density at radius 2 is 2.04 bits per heavy atom. The molecule has 3 heterocycles. The third-order valence-corrected chi connectivity index (χ3v) is 5.12. The van der Waals surface area contributed by atoms with E-state index >= 15 is 0 Å². The molecule has 0 aliphatic carbocycles. The van der Waals surface area contributed by atoms with Crippen LogP contribution in [0, 0.1) is 5.92 Å². The first-order chi connectivity index (χ1) is 13.5. The van der Waals surface area contributed by atoms with Crippen molar-refractivity contribution in [1.29, 1.82) is 0 Å². The van der Waals surface area contributed by atoms with Crippen LogP contribution in [-0.4, -0.2) is 40.9 Å². The number of hydrogen-bond donors (Lipinski definition) is 2. The maximum Gasteiger partial charge on any atom is 0.215 e. The molecule has 6 nitrogen and oxygen atoms in total. The molecule has 6 heteroatoms. The first-order valence-electron chi connectivity index (χ1n) is 10.2. The van der Waals surface area contributed by atoms with Crippen molar-refractivity contribution in [2.24, 2.45) is 5.92 Å². The zero-order valence-electron chi connectivity index (χ0n) is 17.1. The van der Waals surface area contributed by atoms with Gasteiger partial charge in [0.2, 0.25) is 5.78 Å². The van der Waals surface area contributed by atoms with E-state index in [1.165, 1.54) is 0 Å². The smallest absolute Gasteiger partial charge is 0.215 e. The van der Waals surface area contributed by atoms with Crippen molar-refractivity contribution >= 4 is 17.4 Å². The first-order valence-corrected chi connectivity index (χ1v) is 10.2. The zero-order chi connectivity index (χ0) is 20.1. The highest BCUT2D eigenvalue weighted by Crippen LogP contribution is 2.21. The molecule has 0 aromatic carbocycles. The molecule has 2 atom stereocenters. The number of rotatable bonds is 7. The highest BCUT2D eigenvalue weighted by molar-refractivity contribution is 6.10. The van der Waals surface area contributed by atoms with Crippen LogP contribution in [0.3, 0.4) is 0 Å². The molecule has 1 fully saturated rings. The largest absolute Gasteiger partial charge is 0.383 e. The van der Waals surface area contributed by atoms with Crippen LogP contribution in [0.15, 0.2) is 36.5 Å². The Balaban J connectivity index is 1.83. The first kappa shape index (κ1) is 20.3. The Labute approximate surface area is 167 Å². The SMILES string of the molecule is CCC[C@H]1CN(c2cccc(C(=O)c3cccnc3N)n2)C[C@H](CC(C)C)N1. The van der Waals surface area contributed by atoms with Gasteiger partial charge < -0.3 is 16.0 Å². The van der Waals surface area contributed by atoms with Crippen LogP contribution in [0.1, 0.15) is 56.1 Å². The summed E-state index contributed by atoms with van der Waals surface area (Å²) in [6.07, 6.45) is 4.99. The molecule has 3 N–H and O–H groups in total. The number of nitrogens with zero attached hydrogens (tertiary/aromatic N) is 3. The van der Waals surface area contributed by atoms with Crippen LogP contribution in [0.25, 0.3) is 0 Å². The summed E-state index contributed by atoms with van der Waals surface area (Å²) in [6, 6.07) is 9.92. The molecule has 3 rings (SSSR count). The Morgan fingerprint density at radius 1 is 1.25 bits per heavy atom. The summed E-state index contributed by atoms with van der Waals surface area (Å²) in [7, 11) is 0. The molecule has 0 spiro atoms. The zero-order valence-corrected chi connectivity index (χ0v) is 17.1. The highest BCUT2D eigenvalue weighted by Gasteiger charge is 2.27. The van der Waals surface area contributed by atoms with Gasteiger partial charge in [-0.25, -0.2) is 9.97 Å². The molecule has 150 valence electrons. The van der Waals surface area contributed by atoms with Crippen molar-refractivity contribution in [3.8, 4) is 0 Å². The van der Waals surface area contributed by atoms with Gasteiger partial charge in [-0.2, -0.15) is 0 Å². The second kappa shape index (κ2) is 9.15. The second-order valence-corrected chi connectivity index (χ2v) is 8.03. The standard InChI is InChI=1S/C22H31N5O/c1-4-7-16-13-27(14-17(25-16)12-15(2)3)20-10-5-9-19(26-20)21(28)18-8-6-11-24-22(18)23/h5-6,8-11,15-17,25H,4,7,12-14H2,1-3H3,(H2,23,24)/t16-,17-/m0/s1. The number of piperazine rings is 1. The van der Waals surface area contributed by atoms with Gasteiger partial charge in [-0.15, -0.1) is 0 Å². The van der Waals surface area contributed by atoms with Crippen molar-refractivity contribution in [2.75, 3.05) is 23.7 Å². The van der Waals surface area contributed by atoms with E-state index in [1.54, 1.807) is 24.4 Å². The molecule has 1 saturated heterocycles. The average Bonchev–Trinajstić information content (AvgIpc) is 2.67. The fourth-order valence-electron chi connectivity index (χ4n) is 3.94. The van der Waals surface area contributed by atoms with Gasteiger partial charge in [-0.1, -0.05) is 33.3 Å². The topological polar surface area (TPSA) is 84.1 Å². The van der Waals surface area contributed by atoms with Crippen LogP contribution in [0.5, 0.6) is 0 Å². The average molecular weight is 382 g/mol. The number of anilines is 2. The Hall–Kier alpha value is -2.47. The molecule has 2 aromatic heterocycles. The molecular formula is C22H31N5O. The summed E-state index contributed by atoms with van der Waals surface area (Å²) >= 11 is 0. The van der Waals surface area contributed by atoms with Gasteiger partial charge in [-0.3, -0.25) is 4.79 Å². The molecule has 0 unspecified atom stereocenters. The van der Waals surface area contributed by atoms with E-state index in [-0.39, 0.29) is 11.6 Å². The van der Waals surface area contributed by atoms with Crippen molar-refractivity contribution in [3.63, 3.8) is 0 Å². The molecule has 0 radical (unpaired) electrons. The minimum absolute atomic E-state index is 0.188. The summed E-state index contributed by atoms with van der Waals surface area (Å²) in [5.74, 6) is 1.53. The van der Waals surface area contributed by atoms with Crippen molar-refractivity contribution in [1.82, 2.24) is 15.3 Å². The fourth-order valence-corrected chi connectivity index (χ4v) is 3.94. The van der Waals surface area contributed by atoms with E-state index in [0.29, 0.717) is 29.3 Å². The number of nitrogens with two attached hydrogens (primary N) is 1. The van der Waals surface area contributed by atoms with E-state index in [1.807, 2.05) is 12.1 Å².